The zero-order chi connectivity index (χ0) is 33.0. The highest BCUT2D eigenvalue weighted by atomic mass is 32.2. The number of sulfone groups is 1. The quantitative estimate of drug-likeness (QED) is 0.178. The molecule has 1 N–H and O–H groups in total. The van der Waals surface area contributed by atoms with Gasteiger partial charge >= 0.3 is 0 Å². The fraction of sp³-hybridized carbons (Fsp3) is 0.432. The van der Waals surface area contributed by atoms with Crippen molar-refractivity contribution in [1.82, 2.24) is 24.9 Å². The Labute approximate surface area is 285 Å². The van der Waals surface area contributed by atoms with Crippen molar-refractivity contribution >= 4 is 37.1 Å². The predicted octanol–water partition coefficient (Wildman–Crippen LogP) is 7.50. The second kappa shape index (κ2) is 12.6. The van der Waals surface area contributed by atoms with Gasteiger partial charge in [0.15, 0.2) is 9.84 Å². The van der Waals surface area contributed by atoms with Crippen molar-refractivity contribution in [2.75, 3.05) is 24.3 Å². The number of rotatable bonds is 8. The molecule has 3 aliphatic rings. The first-order chi connectivity index (χ1) is 23.3. The van der Waals surface area contributed by atoms with E-state index >= 15 is 0 Å². The molecular formula is C37H40N6O3S2. The number of nitrogens with one attached hydrogen (secondary N) is 1. The number of hydrogen-bond donors (Lipinski definition) is 1. The number of thiophene rings is 1. The van der Waals surface area contributed by atoms with Crippen LogP contribution < -0.4 is 5.32 Å². The van der Waals surface area contributed by atoms with Gasteiger partial charge in [-0.1, -0.05) is 19.9 Å². The summed E-state index contributed by atoms with van der Waals surface area (Å²) in [4.78, 5) is 25.1. The van der Waals surface area contributed by atoms with E-state index in [-0.39, 0.29) is 23.6 Å². The highest BCUT2D eigenvalue weighted by molar-refractivity contribution is 7.92. The third-order valence-electron chi connectivity index (χ3n) is 10.3. The average Bonchev–Trinajstić information content (AvgIpc) is 3.78. The fourth-order valence-electron chi connectivity index (χ4n) is 7.69. The highest BCUT2D eigenvalue weighted by Gasteiger charge is 2.42. The fourth-order valence-corrected chi connectivity index (χ4v) is 11.1. The summed E-state index contributed by atoms with van der Waals surface area (Å²) in [5, 5.41) is 4.74. The predicted molar refractivity (Wildman–Crippen MR) is 189 cm³/mol. The molecule has 7 heterocycles. The lowest BCUT2D eigenvalue weighted by atomic mass is 9.88. The van der Waals surface area contributed by atoms with Crippen LogP contribution in [0.2, 0.25) is 0 Å². The lowest BCUT2D eigenvalue weighted by molar-refractivity contribution is 0.0639. The van der Waals surface area contributed by atoms with Crippen molar-refractivity contribution in [3.8, 4) is 21.7 Å². The van der Waals surface area contributed by atoms with Crippen LogP contribution in [0.3, 0.4) is 0 Å². The van der Waals surface area contributed by atoms with E-state index in [0.29, 0.717) is 22.2 Å². The molecule has 0 saturated carbocycles. The lowest BCUT2D eigenvalue weighted by Crippen LogP contribution is -2.17. The van der Waals surface area contributed by atoms with Gasteiger partial charge in [-0.3, -0.25) is 9.97 Å². The van der Waals surface area contributed by atoms with E-state index in [1.165, 1.54) is 5.56 Å². The Morgan fingerprint density at radius 1 is 1.02 bits per heavy atom. The molecule has 0 aromatic carbocycles. The average molecular weight is 681 g/mol. The van der Waals surface area contributed by atoms with Gasteiger partial charge in [0.1, 0.15) is 12.1 Å². The largest absolute Gasteiger partial charge is 0.381 e. The van der Waals surface area contributed by atoms with Gasteiger partial charge in [-0.15, -0.1) is 11.3 Å². The molecule has 1 saturated heterocycles. The zero-order valence-corrected chi connectivity index (χ0v) is 29.2. The minimum Gasteiger partial charge on any atom is -0.381 e. The van der Waals surface area contributed by atoms with Crippen molar-refractivity contribution in [2.24, 2.45) is 11.8 Å². The molecule has 0 amide bonds. The Bertz CT molecular complexity index is 2120. The van der Waals surface area contributed by atoms with Gasteiger partial charge in [0.05, 0.1) is 38.5 Å². The van der Waals surface area contributed by atoms with Crippen molar-refractivity contribution in [2.45, 2.75) is 76.2 Å². The van der Waals surface area contributed by atoms with Gasteiger partial charge < -0.3 is 10.1 Å². The van der Waals surface area contributed by atoms with Gasteiger partial charge in [0, 0.05) is 58.9 Å². The Kier molecular flexibility index (Phi) is 8.25. The van der Waals surface area contributed by atoms with Crippen LogP contribution >= 0.6 is 11.3 Å². The zero-order valence-electron chi connectivity index (χ0n) is 27.6. The van der Waals surface area contributed by atoms with Crippen LogP contribution in [0.15, 0.2) is 53.9 Å². The maximum atomic E-state index is 14.2. The molecule has 2 aliphatic heterocycles. The van der Waals surface area contributed by atoms with E-state index in [1.807, 2.05) is 37.5 Å². The normalized spacial score (nSPS) is 20.3. The summed E-state index contributed by atoms with van der Waals surface area (Å²) in [5.41, 5.74) is 7.03. The van der Waals surface area contributed by atoms with E-state index in [9.17, 15) is 8.42 Å². The van der Waals surface area contributed by atoms with Crippen molar-refractivity contribution in [1.29, 1.82) is 0 Å². The molecule has 9 nitrogen and oxygen atoms in total. The minimum atomic E-state index is -3.63. The van der Waals surface area contributed by atoms with E-state index in [1.54, 1.807) is 17.7 Å². The number of ether oxygens (including phenoxy) is 1. The molecule has 48 heavy (non-hydrogen) atoms. The topological polar surface area (TPSA) is 120 Å². The molecule has 11 heteroatoms. The van der Waals surface area contributed by atoms with Crippen LogP contribution in [0.1, 0.15) is 79.8 Å². The van der Waals surface area contributed by atoms with Crippen LogP contribution in [0, 0.1) is 18.8 Å². The minimum absolute atomic E-state index is 0.0695. The summed E-state index contributed by atoms with van der Waals surface area (Å²) in [7, 11) is -3.63. The van der Waals surface area contributed by atoms with Crippen molar-refractivity contribution in [3.05, 3.63) is 77.4 Å². The van der Waals surface area contributed by atoms with Crippen LogP contribution in [-0.2, 0) is 27.4 Å². The standard InChI is InChI=1S/C37H40N6O3S2/c1-21(2)26-19-48(44,45)36-33(31-18-24-10-14-39-37(35(24)47-31)43-28-9-8-27-25(28)5-4-13-38-27)32(30-17-22(3)40-20-41-30)29(42-34(26)36)7-6-23-11-15-46-16-12-23/h4-5,10,13-14,17-18,20-21,23,26,28H,6-9,11-12,15-16,19H2,1-3H3,(H,39,43)/t26-,28-/m0/s1. The second-order valence-electron chi connectivity index (χ2n) is 13.8. The van der Waals surface area contributed by atoms with Gasteiger partial charge in [0.25, 0.3) is 0 Å². The summed E-state index contributed by atoms with van der Waals surface area (Å²) in [5.74, 6) is 1.37. The molecule has 248 valence electrons. The van der Waals surface area contributed by atoms with E-state index < -0.39 is 9.84 Å². The van der Waals surface area contributed by atoms with Gasteiger partial charge in [-0.05, 0) is 92.5 Å². The molecule has 1 fully saturated rings. The summed E-state index contributed by atoms with van der Waals surface area (Å²) in [6.45, 7) is 7.71. The number of hydrogen-bond acceptors (Lipinski definition) is 10. The molecule has 0 radical (unpaired) electrons. The first-order valence-electron chi connectivity index (χ1n) is 17.0. The van der Waals surface area contributed by atoms with Crippen LogP contribution in [0.4, 0.5) is 5.82 Å². The van der Waals surface area contributed by atoms with Crippen LogP contribution in [-0.4, -0.2) is 52.3 Å². The van der Waals surface area contributed by atoms with Gasteiger partial charge in [-0.2, -0.15) is 0 Å². The molecule has 5 aromatic rings. The van der Waals surface area contributed by atoms with E-state index in [2.05, 4.69) is 41.3 Å². The second-order valence-corrected chi connectivity index (χ2v) is 16.8. The Balaban J connectivity index is 1.33. The SMILES string of the molecule is Cc1cc(-c2c(CCC3CCOCC3)nc3c(c2-c2cc4ccnc(N[C@H]5CCc6ncccc65)c4s2)S(=O)(=O)C[C@H]3C(C)C)ncn1. The van der Waals surface area contributed by atoms with Crippen molar-refractivity contribution in [3.63, 3.8) is 0 Å². The van der Waals surface area contributed by atoms with Gasteiger partial charge in [-0.25, -0.2) is 23.4 Å². The molecule has 0 spiro atoms. The summed E-state index contributed by atoms with van der Waals surface area (Å²) in [6.07, 6.45) is 10.9. The monoisotopic (exact) mass is 680 g/mol. The molecular weight excluding hydrogens is 641 g/mol. The number of anilines is 1. The Morgan fingerprint density at radius 2 is 1.88 bits per heavy atom. The van der Waals surface area contributed by atoms with E-state index in [4.69, 9.17) is 19.7 Å². The first kappa shape index (κ1) is 31.5. The number of pyridine rings is 3. The molecule has 8 rings (SSSR count). The van der Waals surface area contributed by atoms with Crippen molar-refractivity contribution < 1.29 is 13.2 Å². The Morgan fingerprint density at radius 3 is 2.69 bits per heavy atom. The number of aryl methyl sites for hydroxylation is 3. The molecule has 1 aliphatic carbocycles. The van der Waals surface area contributed by atoms with Crippen LogP contribution in [0.25, 0.3) is 31.8 Å². The molecule has 5 aromatic heterocycles. The number of nitrogens with zero attached hydrogens (tertiary/aromatic N) is 5. The molecule has 0 bridgehead atoms. The first-order valence-corrected chi connectivity index (χ1v) is 19.5. The van der Waals surface area contributed by atoms with Crippen LogP contribution in [0.5, 0.6) is 0 Å². The number of aromatic nitrogens is 5. The molecule has 2 atom stereocenters. The Hall–Kier alpha value is -3.80. The summed E-state index contributed by atoms with van der Waals surface area (Å²) >= 11 is 1.59. The van der Waals surface area contributed by atoms with Gasteiger partial charge in [0.2, 0.25) is 0 Å². The maximum Gasteiger partial charge on any atom is 0.181 e. The summed E-state index contributed by atoms with van der Waals surface area (Å²) < 4.78 is 35.1. The van der Waals surface area contributed by atoms with E-state index in [0.717, 1.165) is 101 Å². The lowest BCUT2D eigenvalue weighted by Gasteiger charge is -2.23. The molecule has 0 unspecified atom stereocenters. The third-order valence-corrected chi connectivity index (χ3v) is 13.3. The maximum absolute atomic E-state index is 14.2. The smallest absolute Gasteiger partial charge is 0.181 e. The third kappa shape index (κ3) is 5.69. The number of fused-ring (bicyclic) bond motifs is 3. The summed E-state index contributed by atoms with van der Waals surface area (Å²) in [6, 6.07) is 10.3. The highest BCUT2D eigenvalue weighted by Crippen LogP contribution is 2.51.